The molecule has 2 aromatic carbocycles. The molecule has 3 rings (SSSR count). The van der Waals surface area contributed by atoms with Crippen molar-refractivity contribution < 1.29 is 30.0 Å². The van der Waals surface area contributed by atoms with Crippen molar-refractivity contribution in [1.29, 1.82) is 0 Å². The van der Waals surface area contributed by atoms with Crippen LogP contribution in [0.1, 0.15) is 45.7 Å². The number of hydrogen-bond donors (Lipinski definition) is 8. The number of hydrogen-bond acceptors (Lipinski definition) is 10. The Bertz CT molecular complexity index is 946. The topological polar surface area (TPSA) is 163 Å². The van der Waals surface area contributed by atoms with E-state index >= 15 is 0 Å². The summed E-state index contributed by atoms with van der Waals surface area (Å²) in [5, 5.41) is 51.0. The van der Waals surface area contributed by atoms with E-state index in [1.807, 2.05) is 0 Å². The van der Waals surface area contributed by atoms with Crippen LogP contribution in [0, 0.1) is 0 Å². The SMILES string of the molecule is CC(NCCO)Nc1ccc(NC(C)NCCO)c2c1C(=O)c1c(O)ccc(O)c1C2=O. The Labute approximate surface area is 185 Å². The number of phenolic OH excluding ortho intramolecular Hbond substituents is 2. The minimum Gasteiger partial charge on any atom is -0.507 e. The molecule has 2 aromatic rings. The molecule has 0 spiro atoms. The average Bonchev–Trinajstić information content (AvgIpc) is 2.76. The Hall–Kier alpha value is -3.18. The van der Waals surface area contributed by atoms with Gasteiger partial charge in [-0.3, -0.25) is 20.2 Å². The molecular formula is C22H28N4O6. The summed E-state index contributed by atoms with van der Waals surface area (Å²) in [4.78, 5) is 26.9. The highest BCUT2D eigenvalue weighted by Crippen LogP contribution is 2.42. The molecule has 2 atom stereocenters. The maximum absolute atomic E-state index is 13.5. The first-order valence-electron chi connectivity index (χ1n) is 10.3. The molecule has 0 saturated carbocycles. The Morgan fingerprint density at radius 1 is 0.688 bits per heavy atom. The molecule has 32 heavy (non-hydrogen) atoms. The molecule has 0 aliphatic heterocycles. The van der Waals surface area contributed by atoms with Crippen LogP contribution in [0.2, 0.25) is 0 Å². The van der Waals surface area contributed by atoms with E-state index in [0.717, 1.165) is 0 Å². The smallest absolute Gasteiger partial charge is 0.200 e. The lowest BCUT2D eigenvalue weighted by Crippen LogP contribution is -2.37. The zero-order chi connectivity index (χ0) is 23.4. The van der Waals surface area contributed by atoms with Crippen LogP contribution >= 0.6 is 0 Å². The second kappa shape index (κ2) is 9.96. The monoisotopic (exact) mass is 444 g/mol. The van der Waals surface area contributed by atoms with Gasteiger partial charge < -0.3 is 31.1 Å². The summed E-state index contributed by atoms with van der Waals surface area (Å²) in [5.74, 6) is -1.98. The van der Waals surface area contributed by atoms with E-state index < -0.39 is 23.1 Å². The first-order chi connectivity index (χ1) is 15.3. The largest absolute Gasteiger partial charge is 0.507 e. The summed E-state index contributed by atoms with van der Waals surface area (Å²) < 4.78 is 0. The van der Waals surface area contributed by atoms with Crippen molar-refractivity contribution in [3.05, 3.63) is 46.5 Å². The number of aromatic hydroxyl groups is 2. The molecule has 1 aliphatic carbocycles. The van der Waals surface area contributed by atoms with Gasteiger partial charge >= 0.3 is 0 Å². The van der Waals surface area contributed by atoms with Gasteiger partial charge in [0.15, 0.2) is 0 Å². The standard InChI is InChI=1S/C22H28N4O6/c1-11(23-7-9-27)25-13-3-4-14(26-12(2)24-8-10-28)18-17(13)21(31)19-15(29)5-6-16(30)20(19)22(18)32/h3-6,11-12,23-30H,7-10H2,1-2H3. The number of aliphatic hydroxyl groups is 2. The lowest BCUT2D eigenvalue weighted by molar-refractivity contribution is 0.0975. The third kappa shape index (κ3) is 4.53. The molecule has 1 aliphatic rings. The van der Waals surface area contributed by atoms with Gasteiger partial charge in [-0.1, -0.05) is 0 Å². The number of benzene rings is 2. The predicted octanol–water partition coefficient (Wildman–Crippen LogP) is 0.553. The van der Waals surface area contributed by atoms with Gasteiger partial charge in [-0.2, -0.15) is 0 Å². The molecule has 0 fully saturated rings. The number of nitrogens with one attached hydrogen (secondary N) is 4. The van der Waals surface area contributed by atoms with Gasteiger partial charge in [0.1, 0.15) is 11.5 Å². The summed E-state index contributed by atoms with van der Waals surface area (Å²) in [6, 6.07) is 5.64. The molecular weight excluding hydrogens is 416 g/mol. The molecule has 2 unspecified atom stereocenters. The summed E-state index contributed by atoms with van der Waals surface area (Å²) in [6.45, 7) is 4.11. The van der Waals surface area contributed by atoms with E-state index in [-0.39, 0.29) is 47.8 Å². The van der Waals surface area contributed by atoms with Crippen LogP contribution in [0.15, 0.2) is 24.3 Å². The number of carbonyl (C=O) groups is 2. The second-order valence-electron chi connectivity index (χ2n) is 7.51. The number of rotatable bonds is 10. The predicted molar refractivity (Wildman–Crippen MR) is 119 cm³/mol. The molecule has 0 saturated heterocycles. The van der Waals surface area contributed by atoms with Gasteiger partial charge in [0.2, 0.25) is 11.6 Å². The Morgan fingerprint density at radius 2 is 1.06 bits per heavy atom. The van der Waals surface area contributed by atoms with E-state index in [9.17, 15) is 19.8 Å². The molecule has 0 bridgehead atoms. The zero-order valence-electron chi connectivity index (χ0n) is 17.9. The summed E-state index contributed by atoms with van der Waals surface area (Å²) in [6.07, 6.45) is -0.672. The fourth-order valence-corrected chi connectivity index (χ4v) is 3.74. The summed E-state index contributed by atoms with van der Waals surface area (Å²) in [7, 11) is 0. The molecule has 0 heterocycles. The molecule has 172 valence electrons. The van der Waals surface area contributed by atoms with Crippen LogP contribution in [-0.4, -0.2) is 70.6 Å². The van der Waals surface area contributed by atoms with Gasteiger partial charge in [0.05, 0.1) is 47.8 Å². The van der Waals surface area contributed by atoms with Gasteiger partial charge in [-0.15, -0.1) is 0 Å². The van der Waals surface area contributed by atoms with Gasteiger partial charge in [-0.05, 0) is 38.1 Å². The van der Waals surface area contributed by atoms with Crippen LogP contribution in [-0.2, 0) is 0 Å². The Balaban J connectivity index is 2.12. The molecule has 0 aromatic heterocycles. The van der Waals surface area contributed by atoms with Crippen molar-refractivity contribution >= 4 is 22.9 Å². The molecule has 8 N–H and O–H groups in total. The lowest BCUT2D eigenvalue weighted by Gasteiger charge is -2.27. The van der Waals surface area contributed by atoms with Crippen molar-refractivity contribution in [2.75, 3.05) is 36.9 Å². The number of anilines is 2. The van der Waals surface area contributed by atoms with Crippen molar-refractivity contribution in [3.63, 3.8) is 0 Å². The van der Waals surface area contributed by atoms with Crippen molar-refractivity contribution in [1.82, 2.24) is 10.6 Å². The summed E-state index contributed by atoms with van der Waals surface area (Å²) >= 11 is 0. The van der Waals surface area contributed by atoms with Crippen LogP contribution in [0.3, 0.4) is 0 Å². The van der Waals surface area contributed by atoms with Crippen LogP contribution in [0.25, 0.3) is 0 Å². The number of carbonyl (C=O) groups excluding carboxylic acids is 2. The fraction of sp³-hybridized carbons (Fsp3) is 0.364. The van der Waals surface area contributed by atoms with E-state index in [1.54, 1.807) is 26.0 Å². The Morgan fingerprint density at radius 3 is 1.41 bits per heavy atom. The average molecular weight is 444 g/mol. The van der Waals surface area contributed by atoms with Crippen molar-refractivity contribution in [2.45, 2.75) is 26.2 Å². The molecule has 0 radical (unpaired) electrons. The highest BCUT2D eigenvalue weighted by molar-refractivity contribution is 6.33. The molecule has 10 nitrogen and oxygen atoms in total. The number of aliphatic hydroxyl groups excluding tert-OH is 2. The second-order valence-corrected chi connectivity index (χ2v) is 7.51. The first kappa shape index (κ1) is 23.5. The van der Waals surface area contributed by atoms with E-state index in [1.165, 1.54) is 12.1 Å². The van der Waals surface area contributed by atoms with Crippen LogP contribution in [0.5, 0.6) is 11.5 Å². The fourth-order valence-electron chi connectivity index (χ4n) is 3.74. The minimum absolute atomic E-state index is 0.0658. The van der Waals surface area contributed by atoms with Crippen molar-refractivity contribution in [2.24, 2.45) is 0 Å². The number of fused-ring (bicyclic) bond motifs is 2. The summed E-state index contributed by atoms with van der Waals surface area (Å²) in [5.41, 5.74) is 0.383. The maximum Gasteiger partial charge on any atom is 0.200 e. The third-order valence-electron chi connectivity index (χ3n) is 5.14. The van der Waals surface area contributed by atoms with Crippen molar-refractivity contribution in [3.8, 4) is 11.5 Å². The normalized spacial score (nSPS) is 14.5. The Kier molecular flexibility index (Phi) is 7.31. The maximum atomic E-state index is 13.5. The van der Waals surface area contributed by atoms with E-state index in [0.29, 0.717) is 24.5 Å². The highest BCUT2D eigenvalue weighted by Gasteiger charge is 2.38. The highest BCUT2D eigenvalue weighted by atomic mass is 16.3. The molecule has 10 heteroatoms. The molecule has 0 amide bonds. The van der Waals surface area contributed by atoms with Crippen LogP contribution in [0.4, 0.5) is 11.4 Å². The first-order valence-corrected chi connectivity index (χ1v) is 10.3. The lowest BCUT2D eigenvalue weighted by atomic mass is 9.81. The number of phenols is 2. The zero-order valence-corrected chi connectivity index (χ0v) is 17.9. The quantitative estimate of drug-likeness (QED) is 0.164. The van der Waals surface area contributed by atoms with Crippen LogP contribution < -0.4 is 21.3 Å². The minimum atomic E-state index is -0.598. The van der Waals surface area contributed by atoms with Gasteiger partial charge in [0.25, 0.3) is 0 Å². The number of ketones is 2. The van der Waals surface area contributed by atoms with E-state index in [4.69, 9.17) is 10.2 Å². The van der Waals surface area contributed by atoms with Gasteiger partial charge in [-0.25, -0.2) is 0 Å². The van der Waals surface area contributed by atoms with E-state index in [2.05, 4.69) is 21.3 Å². The van der Waals surface area contributed by atoms with Gasteiger partial charge in [0, 0.05) is 24.5 Å². The third-order valence-corrected chi connectivity index (χ3v) is 5.14.